The highest BCUT2D eigenvalue weighted by Gasteiger charge is 2.42. The molecule has 130 valence electrons. The van der Waals surface area contributed by atoms with Crippen LogP contribution in [0.15, 0.2) is 12.4 Å². The maximum Gasteiger partial charge on any atom is 0.243 e. The number of nitrogens with one attached hydrogen (secondary N) is 2. The fourth-order valence-electron chi connectivity index (χ4n) is 3.96. The van der Waals surface area contributed by atoms with E-state index in [-0.39, 0.29) is 29.7 Å². The zero-order chi connectivity index (χ0) is 16.7. The highest BCUT2D eigenvalue weighted by Crippen LogP contribution is 2.32. The van der Waals surface area contributed by atoms with E-state index in [0.29, 0.717) is 19.1 Å². The van der Waals surface area contributed by atoms with Gasteiger partial charge in [0.1, 0.15) is 6.04 Å². The molecule has 0 spiro atoms. The van der Waals surface area contributed by atoms with Crippen LogP contribution in [-0.4, -0.2) is 58.2 Å². The highest BCUT2D eigenvalue weighted by atomic mass is 16.2. The second kappa shape index (κ2) is 6.20. The standard InChI is InChI=1S/C17H25N5O2/c1-21-10-11(7-19-21)13-8-18-9-14(13)17(24)22-6-2-3-15(22)16(23)20-12-4-5-12/h7,10,12-15,18H,2-6,8-9H2,1H3,(H,20,23)/t13-,14+,15?/m1/s1. The number of carbonyl (C=O) groups is 2. The second-order valence-electron chi connectivity index (χ2n) is 7.29. The van der Waals surface area contributed by atoms with Crippen LogP contribution in [0.4, 0.5) is 0 Å². The van der Waals surface area contributed by atoms with Gasteiger partial charge in [-0.25, -0.2) is 0 Å². The average Bonchev–Trinajstić information content (AvgIpc) is 3.02. The summed E-state index contributed by atoms with van der Waals surface area (Å²) in [4.78, 5) is 27.4. The third-order valence-electron chi connectivity index (χ3n) is 5.45. The molecule has 7 nitrogen and oxygen atoms in total. The normalized spacial score (nSPS) is 29.9. The van der Waals surface area contributed by atoms with Gasteiger partial charge in [0.25, 0.3) is 0 Å². The van der Waals surface area contributed by atoms with Crippen molar-refractivity contribution in [1.82, 2.24) is 25.3 Å². The maximum absolute atomic E-state index is 13.1. The van der Waals surface area contributed by atoms with E-state index in [2.05, 4.69) is 15.7 Å². The van der Waals surface area contributed by atoms with Gasteiger partial charge in [0, 0.05) is 44.8 Å². The van der Waals surface area contributed by atoms with Crippen molar-refractivity contribution in [2.45, 2.75) is 43.7 Å². The molecule has 1 aromatic heterocycles. The van der Waals surface area contributed by atoms with E-state index in [9.17, 15) is 9.59 Å². The molecule has 1 unspecified atom stereocenters. The predicted octanol–water partition coefficient (Wildman–Crippen LogP) is -0.00730. The number of rotatable bonds is 4. The molecule has 2 N–H and O–H groups in total. The number of likely N-dealkylation sites (tertiary alicyclic amines) is 1. The number of hydrogen-bond acceptors (Lipinski definition) is 4. The Kier molecular flexibility index (Phi) is 4.04. The molecule has 0 aromatic carbocycles. The van der Waals surface area contributed by atoms with Gasteiger partial charge in [-0.2, -0.15) is 5.10 Å². The number of hydrogen-bond donors (Lipinski definition) is 2. The Morgan fingerprint density at radius 2 is 2.12 bits per heavy atom. The third kappa shape index (κ3) is 2.92. The van der Waals surface area contributed by atoms with Gasteiger partial charge < -0.3 is 15.5 Å². The predicted molar refractivity (Wildman–Crippen MR) is 88.2 cm³/mol. The van der Waals surface area contributed by atoms with Gasteiger partial charge in [-0.1, -0.05) is 0 Å². The van der Waals surface area contributed by atoms with E-state index in [1.807, 2.05) is 24.3 Å². The summed E-state index contributed by atoms with van der Waals surface area (Å²) in [6.45, 7) is 2.15. The molecule has 0 radical (unpaired) electrons. The lowest BCUT2D eigenvalue weighted by Crippen LogP contribution is -2.49. The van der Waals surface area contributed by atoms with E-state index in [1.54, 1.807) is 4.68 Å². The average molecular weight is 331 g/mol. The van der Waals surface area contributed by atoms with Crippen LogP contribution in [-0.2, 0) is 16.6 Å². The summed E-state index contributed by atoms with van der Waals surface area (Å²) < 4.78 is 1.77. The van der Waals surface area contributed by atoms with Crippen LogP contribution in [0.1, 0.15) is 37.2 Å². The molecule has 7 heteroatoms. The Balaban J connectivity index is 1.48. The first kappa shape index (κ1) is 15.6. The van der Waals surface area contributed by atoms with Crippen LogP contribution in [0.25, 0.3) is 0 Å². The maximum atomic E-state index is 13.1. The zero-order valence-electron chi connectivity index (χ0n) is 14.1. The van der Waals surface area contributed by atoms with Gasteiger partial charge in [0.2, 0.25) is 11.8 Å². The number of carbonyl (C=O) groups excluding carboxylic acids is 2. The fraction of sp³-hybridized carbons (Fsp3) is 0.706. The second-order valence-corrected chi connectivity index (χ2v) is 7.29. The quantitative estimate of drug-likeness (QED) is 0.813. The Labute approximate surface area is 141 Å². The Bertz CT molecular complexity index is 639. The van der Waals surface area contributed by atoms with Crippen molar-refractivity contribution in [1.29, 1.82) is 0 Å². The van der Waals surface area contributed by atoms with Crippen LogP contribution in [0.3, 0.4) is 0 Å². The molecule has 1 aliphatic carbocycles. The minimum absolute atomic E-state index is 0.0345. The van der Waals surface area contributed by atoms with Gasteiger partial charge in [-0.15, -0.1) is 0 Å². The molecular weight excluding hydrogens is 306 g/mol. The smallest absolute Gasteiger partial charge is 0.243 e. The number of nitrogens with zero attached hydrogens (tertiary/aromatic N) is 3. The minimum atomic E-state index is -0.284. The summed E-state index contributed by atoms with van der Waals surface area (Å²) in [5, 5.41) is 10.6. The molecule has 0 bridgehead atoms. The molecule has 1 aromatic rings. The van der Waals surface area contributed by atoms with E-state index < -0.39 is 0 Å². The third-order valence-corrected chi connectivity index (χ3v) is 5.45. The monoisotopic (exact) mass is 331 g/mol. The largest absolute Gasteiger partial charge is 0.352 e. The van der Waals surface area contributed by atoms with Crippen LogP contribution in [0.2, 0.25) is 0 Å². The lowest BCUT2D eigenvalue weighted by Gasteiger charge is -2.28. The summed E-state index contributed by atoms with van der Waals surface area (Å²) in [6.07, 6.45) is 7.66. The Morgan fingerprint density at radius 3 is 2.83 bits per heavy atom. The van der Waals surface area contributed by atoms with Crippen LogP contribution in [0.5, 0.6) is 0 Å². The van der Waals surface area contributed by atoms with Crippen molar-refractivity contribution < 1.29 is 9.59 Å². The van der Waals surface area contributed by atoms with Gasteiger partial charge in [-0.05, 0) is 31.2 Å². The molecular formula is C17H25N5O2. The first-order valence-electron chi connectivity index (χ1n) is 8.93. The molecule has 2 amide bonds. The summed E-state index contributed by atoms with van der Waals surface area (Å²) in [5.41, 5.74) is 1.10. The van der Waals surface area contributed by atoms with Crippen molar-refractivity contribution in [3.05, 3.63) is 18.0 Å². The highest BCUT2D eigenvalue weighted by molar-refractivity contribution is 5.90. The van der Waals surface area contributed by atoms with Crippen LogP contribution < -0.4 is 10.6 Å². The van der Waals surface area contributed by atoms with E-state index in [0.717, 1.165) is 37.8 Å². The lowest BCUT2D eigenvalue weighted by atomic mass is 9.89. The molecule has 4 rings (SSSR count). The van der Waals surface area contributed by atoms with E-state index in [1.165, 1.54) is 0 Å². The molecule has 1 saturated carbocycles. The van der Waals surface area contributed by atoms with E-state index >= 15 is 0 Å². The fourth-order valence-corrected chi connectivity index (χ4v) is 3.96. The van der Waals surface area contributed by atoms with Gasteiger partial charge in [0.05, 0.1) is 12.1 Å². The van der Waals surface area contributed by atoms with Gasteiger partial charge >= 0.3 is 0 Å². The molecule has 2 saturated heterocycles. The van der Waals surface area contributed by atoms with Crippen molar-refractivity contribution in [3.8, 4) is 0 Å². The van der Waals surface area contributed by atoms with Crippen molar-refractivity contribution >= 4 is 11.8 Å². The first-order chi connectivity index (χ1) is 11.6. The lowest BCUT2D eigenvalue weighted by molar-refractivity contribution is -0.141. The van der Waals surface area contributed by atoms with Crippen LogP contribution in [0, 0.1) is 5.92 Å². The number of aromatic nitrogens is 2. The van der Waals surface area contributed by atoms with Gasteiger partial charge in [-0.3, -0.25) is 14.3 Å². The number of aryl methyl sites for hydroxylation is 1. The topological polar surface area (TPSA) is 79.3 Å². The molecule has 2 aliphatic heterocycles. The minimum Gasteiger partial charge on any atom is -0.352 e. The van der Waals surface area contributed by atoms with Crippen LogP contribution >= 0.6 is 0 Å². The zero-order valence-corrected chi connectivity index (χ0v) is 14.1. The van der Waals surface area contributed by atoms with Crippen molar-refractivity contribution in [2.24, 2.45) is 13.0 Å². The molecule has 3 heterocycles. The summed E-state index contributed by atoms with van der Waals surface area (Å²) in [6, 6.07) is 0.0552. The first-order valence-corrected chi connectivity index (χ1v) is 8.93. The Hall–Kier alpha value is -1.89. The summed E-state index contributed by atoms with van der Waals surface area (Å²) in [5.74, 6) is 0.178. The number of amides is 2. The molecule has 24 heavy (non-hydrogen) atoms. The van der Waals surface area contributed by atoms with Gasteiger partial charge in [0.15, 0.2) is 0 Å². The molecule has 3 fully saturated rings. The molecule has 3 aliphatic rings. The summed E-state index contributed by atoms with van der Waals surface area (Å²) >= 11 is 0. The van der Waals surface area contributed by atoms with E-state index in [4.69, 9.17) is 0 Å². The van der Waals surface area contributed by atoms with Crippen molar-refractivity contribution in [3.63, 3.8) is 0 Å². The SMILES string of the molecule is Cn1cc([C@H]2CNC[C@@H]2C(=O)N2CCCC2C(=O)NC2CC2)cn1. The Morgan fingerprint density at radius 1 is 1.29 bits per heavy atom. The summed E-state index contributed by atoms with van der Waals surface area (Å²) in [7, 11) is 1.89. The molecule has 3 atom stereocenters. The van der Waals surface area contributed by atoms with Crippen molar-refractivity contribution in [2.75, 3.05) is 19.6 Å².